The number of phenolic OH excluding ortho intramolecular Hbond substituents is 2. The van der Waals surface area contributed by atoms with Gasteiger partial charge in [0, 0.05) is 34.4 Å². The molecule has 6 aromatic carbocycles. The molecule has 7 rings (SSSR count). The van der Waals surface area contributed by atoms with Crippen LogP contribution in [0.1, 0.15) is 10.5 Å². The number of hydrogen-bond donors (Lipinski definition) is 17. The molecule has 0 bridgehead atoms. The summed E-state index contributed by atoms with van der Waals surface area (Å²) in [6, 6.07) is 12.1. The zero-order valence-corrected chi connectivity index (χ0v) is 40.4. The van der Waals surface area contributed by atoms with Crippen LogP contribution in [0.5, 0.6) is 23.0 Å². The van der Waals surface area contributed by atoms with Gasteiger partial charge in [-0.25, -0.2) is 9.48 Å². The molecule has 35 heteroatoms. The standard InChI is InChI=1S/C38H36N8O22S5/c1-67-28-15-25(29(68-2)14-24(28)40-42-26-11-19(70(55,56)57)9-16-10-20(71(58,59)60)12-27(47)31(16)26)41-43-32-30(72(61,62)63)13-22-21(35(32)48)7-8-23(36(22)73(64,65)66)39-44-33-34(38(50)51)45-46(37(33)49)17-3-5-18(6-4-17)69(52,53)54/h3-15,39-45,47-48,64-66H,1-2H3,(H,50,51)(H,52,53,54)(H,55,56,57)(H,58,59,60)(H,61,62,63). The van der Waals surface area contributed by atoms with Crippen molar-refractivity contribution < 1.29 is 95.1 Å². The summed E-state index contributed by atoms with van der Waals surface area (Å²) in [5.41, 5.74) is 10.2. The Morgan fingerprint density at radius 2 is 1.07 bits per heavy atom. The summed E-state index contributed by atoms with van der Waals surface area (Å²) in [5, 5.41) is 32.9. The van der Waals surface area contributed by atoms with Gasteiger partial charge in [-0.15, -0.1) is 0 Å². The zero-order valence-electron chi connectivity index (χ0n) is 36.4. The van der Waals surface area contributed by atoms with Crippen LogP contribution in [0.25, 0.3) is 27.2 Å². The molecule has 0 atom stereocenters. The molecule has 0 saturated heterocycles. The molecule has 390 valence electrons. The van der Waals surface area contributed by atoms with Gasteiger partial charge in [0.05, 0.1) is 62.2 Å². The average molecular weight is 1120 g/mol. The minimum atomic E-state index is -5.43. The number of carboxylic acid groups (broad SMARTS) is 1. The quantitative estimate of drug-likeness (QED) is 0.0320. The maximum atomic E-state index is 13.4. The third kappa shape index (κ3) is 10.7. The summed E-state index contributed by atoms with van der Waals surface area (Å²) in [6.45, 7) is 0. The van der Waals surface area contributed by atoms with E-state index in [1.807, 2.05) is 0 Å². The maximum absolute atomic E-state index is 13.4. The van der Waals surface area contributed by atoms with Gasteiger partial charge in [0.25, 0.3) is 46.0 Å². The van der Waals surface area contributed by atoms with Crippen molar-refractivity contribution in [3.63, 3.8) is 0 Å². The molecule has 0 radical (unpaired) electrons. The number of nitrogens with zero attached hydrogens (tertiary/aromatic N) is 1. The van der Waals surface area contributed by atoms with E-state index in [-0.39, 0.29) is 45.0 Å². The summed E-state index contributed by atoms with van der Waals surface area (Å²) in [6.07, 6.45) is 0. The number of hydrazine groups is 3. The van der Waals surface area contributed by atoms with Gasteiger partial charge in [-0.2, -0.15) is 33.7 Å². The Kier molecular flexibility index (Phi) is 13.8. The van der Waals surface area contributed by atoms with Crippen molar-refractivity contribution in [3.8, 4) is 28.7 Å². The first-order valence-corrected chi connectivity index (χ1v) is 26.6. The van der Waals surface area contributed by atoms with Crippen LogP contribution >= 0.6 is 10.9 Å². The predicted molar refractivity (Wildman–Crippen MR) is 259 cm³/mol. The van der Waals surface area contributed by atoms with Crippen LogP contribution in [0.15, 0.2) is 108 Å². The number of benzene rings is 6. The number of anilines is 6. The molecular weight excluding hydrogens is 1080 g/mol. The first-order valence-electron chi connectivity index (χ1n) is 19.4. The third-order valence-electron chi connectivity index (χ3n) is 10.3. The number of carboxylic acids is 1. The van der Waals surface area contributed by atoms with Crippen LogP contribution in [0.2, 0.25) is 0 Å². The van der Waals surface area contributed by atoms with E-state index >= 15 is 0 Å². The Morgan fingerprint density at radius 3 is 1.58 bits per heavy atom. The van der Waals surface area contributed by atoms with Gasteiger partial charge in [-0.05, 0) is 66.0 Å². The van der Waals surface area contributed by atoms with Crippen LogP contribution < -0.4 is 47.6 Å². The van der Waals surface area contributed by atoms with Crippen molar-refractivity contribution in [1.82, 2.24) is 9.78 Å². The smallest absolute Gasteiger partial charge is 0.356 e. The Hall–Kier alpha value is -7.81. The first kappa shape index (κ1) is 53.0. The highest BCUT2D eigenvalue weighted by atomic mass is 32.3. The van der Waals surface area contributed by atoms with Crippen LogP contribution in [-0.4, -0.2) is 111 Å². The number of aromatic hydroxyl groups is 2. The fourth-order valence-electron chi connectivity index (χ4n) is 7.10. The lowest BCUT2D eigenvalue weighted by Gasteiger charge is -2.26. The monoisotopic (exact) mass is 1120 g/mol. The summed E-state index contributed by atoms with van der Waals surface area (Å²) < 4.78 is 179. The van der Waals surface area contributed by atoms with Gasteiger partial charge in [0.2, 0.25) is 0 Å². The highest BCUT2D eigenvalue weighted by Gasteiger charge is 2.31. The van der Waals surface area contributed by atoms with E-state index in [1.165, 1.54) is 26.4 Å². The highest BCUT2D eigenvalue weighted by Crippen LogP contribution is 2.54. The fourth-order valence-corrected chi connectivity index (χ4v) is 10.2. The second kappa shape index (κ2) is 19.0. The summed E-state index contributed by atoms with van der Waals surface area (Å²) in [4.78, 5) is 21.3. The van der Waals surface area contributed by atoms with E-state index in [4.69, 9.17) is 9.47 Å². The number of aromatic amines is 1. The average Bonchev–Trinajstić information content (AvgIpc) is 3.63. The lowest BCUT2D eigenvalue weighted by molar-refractivity contribution is 0.0690. The van der Waals surface area contributed by atoms with Crippen LogP contribution in [0, 0.1) is 0 Å². The number of methoxy groups -OCH3 is 2. The van der Waals surface area contributed by atoms with Crippen molar-refractivity contribution in [2.75, 3.05) is 46.8 Å². The minimum absolute atomic E-state index is 0.0135. The van der Waals surface area contributed by atoms with Crippen molar-refractivity contribution in [2.45, 2.75) is 24.5 Å². The number of aromatic carboxylic acids is 1. The van der Waals surface area contributed by atoms with Gasteiger partial charge in [0.1, 0.15) is 44.5 Å². The molecule has 1 aromatic heterocycles. The number of hydrogen-bond acceptors (Lipinski definition) is 23. The van der Waals surface area contributed by atoms with Gasteiger partial charge >= 0.3 is 5.97 Å². The van der Waals surface area contributed by atoms with E-state index in [2.05, 4.69) is 37.7 Å². The molecule has 0 aliphatic rings. The molecule has 30 nitrogen and oxygen atoms in total. The SMILES string of the molecule is COc1cc(NNc2cc(S(=O)(=O)O)cc3cc(S(=O)(=O)O)cc(O)c23)c(OC)cc1NNc1c(S(=O)(=O)O)cc2c(S(O)(O)O)c(NNc3c(C(=O)O)[nH]n(-c4ccc(S(=O)(=O)O)cc4)c3=O)ccc2c1O. The molecule has 0 spiro atoms. The molecular formula is C38H36N8O22S5. The zero-order chi connectivity index (χ0) is 53.9. The second-order valence-electron chi connectivity index (χ2n) is 14.9. The number of aromatic nitrogens is 2. The van der Waals surface area contributed by atoms with E-state index in [0.29, 0.717) is 16.8 Å². The molecule has 0 fully saturated rings. The van der Waals surface area contributed by atoms with E-state index < -0.39 is 132 Å². The number of ether oxygens (including phenoxy) is 2. The van der Waals surface area contributed by atoms with Gasteiger partial charge in [0.15, 0.2) is 11.4 Å². The maximum Gasteiger partial charge on any atom is 0.356 e. The Labute approximate surface area is 410 Å². The Bertz CT molecular complexity index is 3950. The van der Waals surface area contributed by atoms with Crippen molar-refractivity contribution in [1.29, 1.82) is 0 Å². The van der Waals surface area contributed by atoms with Gasteiger partial charge in [-0.1, -0.05) is 0 Å². The molecule has 0 aliphatic heterocycles. The molecule has 17 N–H and O–H groups in total. The molecule has 0 saturated carbocycles. The third-order valence-corrected chi connectivity index (χ3v) is 14.7. The van der Waals surface area contributed by atoms with E-state index in [0.717, 1.165) is 54.6 Å². The molecule has 0 amide bonds. The summed E-state index contributed by atoms with van der Waals surface area (Å²) >= 11 is 0. The molecule has 0 unspecified atom stereocenters. The van der Waals surface area contributed by atoms with Crippen molar-refractivity contribution in [3.05, 3.63) is 94.9 Å². The van der Waals surface area contributed by atoms with Crippen molar-refractivity contribution in [2.24, 2.45) is 0 Å². The Balaban J connectivity index is 1.22. The van der Waals surface area contributed by atoms with Gasteiger partial charge in [-0.3, -0.25) is 60.7 Å². The van der Waals surface area contributed by atoms with E-state index in [1.54, 1.807) is 0 Å². The predicted octanol–water partition coefficient (Wildman–Crippen LogP) is 4.48. The van der Waals surface area contributed by atoms with Crippen LogP contribution in [0.3, 0.4) is 0 Å². The van der Waals surface area contributed by atoms with Crippen LogP contribution in [-0.2, 0) is 40.5 Å². The Morgan fingerprint density at radius 1 is 0.562 bits per heavy atom. The molecule has 0 aliphatic carbocycles. The first-order chi connectivity index (χ1) is 33.8. The van der Waals surface area contributed by atoms with E-state index in [9.17, 15) is 90.4 Å². The summed E-state index contributed by atoms with van der Waals surface area (Å²) in [7, 11) is -22.6. The molecule has 1 heterocycles. The topological polar surface area (TPSA) is 484 Å². The van der Waals surface area contributed by atoms with Crippen molar-refractivity contribution >= 4 is 113 Å². The highest BCUT2D eigenvalue weighted by molar-refractivity contribution is 8.19. The lowest BCUT2D eigenvalue weighted by atomic mass is 10.1. The number of H-pyrrole nitrogens is 1. The largest absolute Gasteiger partial charge is 0.507 e. The number of nitrogens with one attached hydrogen (secondary N) is 7. The normalized spacial score (nSPS) is 12.6. The number of rotatable bonds is 18. The van der Waals surface area contributed by atoms with Gasteiger partial charge < -0.3 is 38.5 Å². The number of fused-ring (bicyclic) bond motifs is 2. The minimum Gasteiger partial charge on any atom is -0.507 e. The number of carbonyl (C=O) groups is 1. The fraction of sp³-hybridized carbons (Fsp3) is 0.0526. The number of phenols is 2. The molecule has 73 heavy (non-hydrogen) atoms. The summed E-state index contributed by atoms with van der Waals surface area (Å²) in [5.74, 6) is -3.70. The lowest BCUT2D eigenvalue weighted by Crippen LogP contribution is -2.21. The van der Waals surface area contributed by atoms with Crippen LogP contribution in [0.4, 0.5) is 34.1 Å². The second-order valence-corrected chi connectivity index (χ2v) is 22.0. The molecule has 7 aromatic rings.